The average molecular weight is 363 g/mol. The highest BCUT2D eigenvalue weighted by molar-refractivity contribution is 5.79. The van der Waals surface area contributed by atoms with Gasteiger partial charge in [-0.2, -0.15) is 8.78 Å². The van der Waals surface area contributed by atoms with Crippen LogP contribution in [-0.2, 0) is 16.0 Å². The molecule has 5 nitrogen and oxygen atoms in total. The van der Waals surface area contributed by atoms with Crippen LogP contribution in [-0.4, -0.2) is 30.1 Å². The second-order valence-electron chi connectivity index (χ2n) is 5.63. The molecule has 0 spiro atoms. The van der Waals surface area contributed by atoms with E-state index in [-0.39, 0.29) is 24.6 Å². The van der Waals surface area contributed by atoms with Gasteiger partial charge < -0.3 is 15.2 Å². The van der Waals surface area contributed by atoms with Gasteiger partial charge in [0.05, 0.1) is 5.92 Å². The van der Waals surface area contributed by atoms with Crippen LogP contribution in [0.15, 0.2) is 54.6 Å². The molecule has 138 valence electrons. The number of nitrogens with one attached hydrogen (secondary N) is 1. The van der Waals surface area contributed by atoms with Gasteiger partial charge in [0.1, 0.15) is 5.75 Å². The molecule has 7 heteroatoms. The van der Waals surface area contributed by atoms with Crippen LogP contribution in [0.5, 0.6) is 5.75 Å². The van der Waals surface area contributed by atoms with Crippen LogP contribution < -0.4 is 10.1 Å². The van der Waals surface area contributed by atoms with E-state index < -0.39 is 18.5 Å². The SMILES string of the molecule is O=C(CCc1ccc(OC(F)F)cc1)NCC(C(=O)O)c1ccccc1. The Bertz CT molecular complexity index is 720. The summed E-state index contributed by atoms with van der Waals surface area (Å²) in [6.45, 7) is -2.88. The first-order valence-electron chi connectivity index (χ1n) is 8.04. The molecule has 2 rings (SSSR count). The Hall–Kier alpha value is -2.96. The van der Waals surface area contributed by atoms with Gasteiger partial charge in [-0.15, -0.1) is 0 Å². The molecule has 26 heavy (non-hydrogen) atoms. The molecule has 0 aliphatic rings. The highest BCUT2D eigenvalue weighted by atomic mass is 19.3. The van der Waals surface area contributed by atoms with Crippen LogP contribution in [0.4, 0.5) is 8.78 Å². The molecular weight excluding hydrogens is 344 g/mol. The molecule has 1 atom stereocenters. The number of amides is 1. The van der Waals surface area contributed by atoms with Crippen LogP contribution in [0.1, 0.15) is 23.5 Å². The Morgan fingerprint density at radius 2 is 1.69 bits per heavy atom. The van der Waals surface area contributed by atoms with E-state index in [1.807, 2.05) is 0 Å². The number of hydrogen-bond acceptors (Lipinski definition) is 3. The van der Waals surface area contributed by atoms with Crippen molar-refractivity contribution in [2.45, 2.75) is 25.4 Å². The summed E-state index contributed by atoms with van der Waals surface area (Å²) in [6.07, 6.45) is 0.569. The smallest absolute Gasteiger partial charge is 0.387 e. The van der Waals surface area contributed by atoms with Crippen molar-refractivity contribution < 1.29 is 28.2 Å². The first-order chi connectivity index (χ1) is 12.5. The van der Waals surface area contributed by atoms with Crippen molar-refractivity contribution in [1.29, 1.82) is 0 Å². The largest absolute Gasteiger partial charge is 0.481 e. The van der Waals surface area contributed by atoms with E-state index >= 15 is 0 Å². The minimum atomic E-state index is -2.88. The van der Waals surface area contributed by atoms with Crippen molar-refractivity contribution in [2.75, 3.05) is 6.54 Å². The maximum atomic E-state index is 12.1. The second-order valence-corrected chi connectivity index (χ2v) is 5.63. The summed E-state index contributed by atoms with van der Waals surface area (Å²) in [6, 6.07) is 14.7. The van der Waals surface area contributed by atoms with Crippen molar-refractivity contribution in [3.8, 4) is 5.75 Å². The molecule has 0 aromatic heterocycles. The molecule has 2 aromatic carbocycles. The van der Waals surface area contributed by atoms with E-state index in [1.54, 1.807) is 42.5 Å². The minimum absolute atomic E-state index is 0.000649. The lowest BCUT2D eigenvalue weighted by Gasteiger charge is -2.14. The average Bonchev–Trinajstić information content (AvgIpc) is 2.61. The molecule has 2 aromatic rings. The fraction of sp³-hybridized carbons (Fsp3) is 0.263. The number of aryl methyl sites for hydroxylation is 1. The standard InChI is InChI=1S/C19H19F2NO4/c20-19(21)26-15-9-6-13(7-10-15)8-11-17(23)22-12-16(18(24)25)14-4-2-1-3-5-14/h1-7,9-10,16,19H,8,11-12H2,(H,22,23)(H,24,25). The number of carboxylic acid groups (broad SMARTS) is 1. The molecule has 2 N–H and O–H groups in total. The van der Waals surface area contributed by atoms with E-state index in [9.17, 15) is 23.5 Å². The number of aliphatic carboxylic acids is 1. The normalized spacial score (nSPS) is 11.8. The zero-order valence-electron chi connectivity index (χ0n) is 13.9. The van der Waals surface area contributed by atoms with Gasteiger partial charge in [-0.3, -0.25) is 9.59 Å². The van der Waals surface area contributed by atoms with Gasteiger partial charge >= 0.3 is 12.6 Å². The van der Waals surface area contributed by atoms with Crippen molar-refractivity contribution in [2.24, 2.45) is 0 Å². The third-order valence-electron chi connectivity index (χ3n) is 3.79. The Kier molecular flexibility index (Phi) is 7.08. The molecule has 0 saturated carbocycles. The molecule has 1 unspecified atom stereocenters. The minimum Gasteiger partial charge on any atom is -0.481 e. The van der Waals surface area contributed by atoms with Crippen LogP contribution in [0.3, 0.4) is 0 Å². The van der Waals surface area contributed by atoms with Crippen LogP contribution in [0.25, 0.3) is 0 Å². The summed E-state index contributed by atoms with van der Waals surface area (Å²) < 4.78 is 28.4. The van der Waals surface area contributed by atoms with Crippen LogP contribution in [0.2, 0.25) is 0 Å². The monoisotopic (exact) mass is 363 g/mol. The second kappa shape index (κ2) is 9.50. The quantitative estimate of drug-likeness (QED) is 0.717. The molecule has 0 fully saturated rings. The lowest BCUT2D eigenvalue weighted by Crippen LogP contribution is -2.31. The summed E-state index contributed by atoms with van der Waals surface area (Å²) in [7, 11) is 0. The summed E-state index contributed by atoms with van der Waals surface area (Å²) in [5.41, 5.74) is 1.41. The first-order valence-corrected chi connectivity index (χ1v) is 8.04. The van der Waals surface area contributed by atoms with Gasteiger partial charge in [-0.25, -0.2) is 0 Å². The van der Waals surface area contributed by atoms with Gasteiger partial charge in [0, 0.05) is 13.0 Å². The summed E-state index contributed by atoms with van der Waals surface area (Å²) >= 11 is 0. The number of benzene rings is 2. The van der Waals surface area contributed by atoms with Gasteiger partial charge in [0.15, 0.2) is 0 Å². The van der Waals surface area contributed by atoms with Crippen molar-refractivity contribution in [3.63, 3.8) is 0 Å². The molecular formula is C19H19F2NO4. The Morgan fingerprint density at radius 1 is 1.04 bits per heavy atom. The number of alkyl halides is 2. The highest BCUT2D eigenvalue weighted by Crippen LogP contribution is 2.16. The number of ether oxygens (including phenoxy) is 1. The number of rotatable bonds is 9. The number of halogens is 2. The van der Waals surface area contributed by atoms with Crippen molar-refractivity contribution in [1.82, 2.24) is 5.32 Å². The van der Waals surface area contributed by atoms with E-state index in [2.05, 4.69) is 10.1 Å². The third-order valence-corrected chi connectivity index (χ3v) is 3.79. The molecule has 0 bridgehead atoms. The number of carbonyl (C=O) groups excluding carboxylic acids is 1. The lowest BCUT2D eigenvalue weighted by atomic mass is 9.99. The summed E-state index contributed by atoms with van der Waals surface area (Å²) in [5, 5.41) is 11.9. The van der Waals surface area contributed by atoms with Crippen molar-refractivity contribution in [3.05, 3.63) is 65.7 Å². The fourth-order valence-corrected chi connectivity index (χ4v) is 2.43. The van der Waals surface area contributed by atoms with Gasteiger partial charge in [-0.1, -0.05) is 42.5 Å². The fourth-order valence-electron chi connectivity index (χ4n) is 2.43. The number of carbonyl (C=O) groups is 2. The molecule has 0 radical (unpaired) electrons. The molecule has 0 aliphatic carbocycles. The van der Waals surface area contributed by atoms with Gasteiger partial charge in [0.25, 0.3) is 0 Å². The third kappa shape index (κ3) is 6.16. The van der Waals surface area contributed by atoms with Gasteiger partial charge in [-0.05, 0) is 29.7 Å². The maximum Gasteiger partial charge on any atom is 0.387 e. The lowest BCUT2D eigenvalue weighted by molar-refractivity contribution is -0.138. The van der Waals surface area contributed by atoms with E-state index in [0.29, 0.717) is 12.0 Å². The summed E-state index contributed by atoms with van der Waals surface area (Å²) in [4.78, 5) is 23.3. The molecule has 0 saturated heterocycles. The van der Waals surface area contributed by atoms with Crippen molar-refractivity contribution >= 4 is 11.9 Å². The Balaban J connectivity index is 1.82. The number of carboxylic acids is 1. The van der Waals surface area contributed by atoms with Gasteiger partial charge in [0.2, 0.25) is 5.91 Å². The predicted octanol–water partition coefficient (Wildman–Crippen LogP) is 3.21. The molecule has 1 amide bonds. The number of hydrogen-bond donors (Lipinski definition) is 2. The first kappa shape index (κ1) is 19.4. The van der Waals surface area contributed by atoms with Crippen LogP contribution in [0, 0.1) is 0 Å². The predicted molar refractivity (Wildman–Crippen MR) is 91.2 cm³/mol. The maximum absolute atomic E-state index is 12.1. The molecule has 0 aliphatic heterocycles. The van der Waals surface area contributed by atoms with Crippen LogP contribution >= 0.6 is 0 Å². The Morgan fingerprint density at radius 3 is 2.27 bits per heavy atom. The van der Waals surface area contributed by atoms with E-state index in [4.69, 9.17) is 0 Å². The topological polar surface area (TPSA) is 75.6 Å². The Labute approximate surface area is 149 Å². The highest BCUT2D eigenvalue weighted by Gasteiger charge is 2.20. The zero-order chi connectivity index (χ0) is 18.9. The van der Waals surface area contributed by atoms with E-state index in [0.717, 1.165) is 5.56 Å². The molecule has 0 heterocycles. The summed E-state index contributed by atoms with van der Waals surface area (Å²) in [5.74, 6) is -2.04. The zero-order valence-corrected chi connectivity index (χ0v) is 13.9. The van der Waals surface area contributed by atoms with E-state index in [1.165, 1.54) is 12.1 Å².